The Kier molecular flexibility index (Phi) is 5.96. The van der Waals surface area contributed by atoms with Crippen LogP contribution in [0.3, 0.4) is 0 Å². The number of hydrogen-bond acceptors (Lipinski definition) is 4. The minimum absolute atomic E-state index is 0.334. The van der Waals surface area contributed by atoms with Crippen LogP contribution in [0.2, 0.25) is 0 Å². The van der Waals surface area contributed by atoms with Gasteiger partial charge >= 0.3 is 0 Å². The first-order valence-corrected chi connectivity index (χ1v) is 10.3. The van der Waals surface area contributed by atoms with Crippen molar-refractivity contribution in [2.45, 2.75) is 25.8 Å². The Balaban J connectivity index is 1.89. The summed E-state index contributed by atoms with van der Waals surface area (Å²) >= 11 is 1.58. The fourth-order valence-electron chi connectivity index (χ4n) is 3.26. The summed E-state index contributed by atoms with van der Waals surface area (Å²) in [7, 11) is 0. The van der Waals surface area contributed by atoms with Crippen molar-refractivity contribution in [1.82, 2.24) is 4.90 Å². The molecule has 140 valence electrons. The zero-order valence-corrected chi connectivity index (χ0v) is 16.2. The Labute approximate surface area is 163 Å². The summed E-state index contributed by atoms with van der Waals surface area (Å²) < 4.78 is 0. The number of benzene rings is 2. The normalized spacial score (nSPS) is 14.2. The van der Waals surface area contributed by atoms with E-state index in [2.05, 4.69) is 5.32 Å². The molecule has 6 heteroatoms. The molecule has 1 atom stereocenters. The van der Waals surface area contributed by atoms with Crippen molar-refractivity contribution in [2.24, 2.45) is 0 Å². The van der Waals surface area contributed by atoms with E-state index in [9.17, 15) is 14.4 Å². The van der Waals surface area contributed by atoms with Gasteiger partial charge in [-0.3, -0.25) is 19.3 Å². The zero-order valence-electron chi connectivity index (χ0n) is 15.4. The van der Waals surface area contributed by atoms with Crippen molar-refractivity contribution < 1.29 is 14.4 Å². The van der Waals surface area contributed by atoms with Crippen molar-refractivity contribution in [1.29, 1.82) is 0 Å². The van der Waals surface area contributed by atoms with Crippen LogP contribution in [0.4, 0.5) is 5.69 Å². The number of rotatable bonds is 7. The number of imide groups is 1. The first kappa shape index (κ1) is 19.2. The van der Waals surface area contributed by atoms with Gasteiger partial charge in [0, 0.05) is 5.69 Å². The van der Waals surface area contributed by atoms with E-state index in [-0.39, 0.29) is 5.91 Å². The second kappa shape index (κ2) is 8.39. The number of thioether (sulfide) groups is 1. The molecule has 0 unspecified atom stereocenters. The Morgan fingerprint density at radius 3 is 2.22 bits per heavy atom. The van der Waals surface area contributed by atoms with Gasteiger partial charge in [0.25, 0.3) is 11.8 Å². The lowest BCUT2D eigenvalue weighted by atomic mass is 10.1. The third kappa shape index (κ3) is 3.76. The Morgan fingerprint density at radius 1 is 1.04 bits per heavy atom. The van der Waals surface area contributed by atoms with Gasteiger partial charge in [-0.1, -0.05) is 37.3 Å². The maximum atomic E-state index is 13.0. The molecule has 3 rings (SSSR count). The van der Waals surface area contributed by atoms with Crippen molar-refractivity contribution in [2.75, 3.05) is 17.3 Å². The lowest BCUT2D eigenvalue weighted by molar-refractivity contribution is -0.120. The molecule has 2 aromatic carbocycles. The number of amides is 3. The summed E-state index contributed by atoms with van der Waals surface area (Å²) in [5.41, 5.74) is 2.45. The summed E-state index contributed by atoms with van der Waals surface area (Å²) in [5.74, 6) is -0.471. The average Bonchev–Trinajstić information content (AvgIpc) is 2.94. The van der Waals surface area contributed by atoms with E-state index < -0.39 is 17.9 Å². The van der Waals surface area contributed by atoms with E-state index in [1.807, 2.05) is 37.4 Å². The number of nitrogens with zero attached hydrogens (tertiary/aromatic N) is 1. The molecule has 1 N–H and O–H groups in total. The van der Waals surface area contributed by atoms with Gasteiger partial charge in [-0.05, 0) is 48.6 Å². The molecule has 0 fully saturated rings. The number of hydrogen-bond donors (Lipinski definition) is 1. The van der Waals surface area contributed by atoms with Crippen molar-refractivity contribution >= 4 is 35.2 Å². The van der Waals surface area contributed by atoms with Crippen molar-refractivity contribution in [3.63, 3.8) is 0 Å². The van der Waals surface area contributed by atoms with Crippen LogP contribution in [0, 0.1) is 0 Å². The highest BCUT2D eigenvalue weighted by Crippen LogP contribution is 2.27. The molecule has 0 saturated carbocycles. The number of aryl methyl sites for hydroxylation is 1. The highest BCUT2D eigenvalue weighted by Gasteiger charge is 2.42. The number of anilines is 1. The standard InChI is InChI=1S/C21H22N2O3S/c1-3-14-8-4-7-11-17(14)22-19(24)18(12-13-27-2)23-20(25)15-9-5-6-10-16(15)21(23)26/h4-11,18H,3,12-13H2,1-2H3,(H,22,24)/t18-/m1/s1. The van der Waals surface area contributed by atoms with Gasteiger partial charge in [0.05, 0.1) is 11.1 Å². The molecule has 5 nitrogen and oxygen atoms in total. The monoisotopic (exact) mass is 382 g/mol. The van der Waals surface area contributed by atoms with Gasteiger partial charge in [-0.15, -0.1) is 0 Å². The van der Waals surface area contributed by atoms with Crippen LogP contribution in [0.5, 0.6) is 0 Å². The number of para-hydroxylation sites is 1. The van der Waals surface area contributed by atoms with E-state index in [1.54, 1.807) is 36.0 Å². The smallest absolute Gasteiger partial charge is 0.262 e. The summed E-state index contributed by atoms with van der Waals surface area (Å²) in [4.78, 5) is 39.8. The van der Waals surface area contributed by atoms with Crippen LogP contribution in [0.25, 0.3) is 0 Å². The van der Waals surface area contributed by atoms with Crippen molar-refractivity contribution in [3.8, 4) is 0 Å². The second-order valence-electron chi connectivity index (χ2n) is 6.32. The fourth-order valence-corrected chi connectivity index (χ4v) is 3.72. The van der Waals surface area contributed by atoms with E-state index >= 15 is 0 Å². The number of carbonyl (C=O) groups excluding carboxylic acids is 3. The number of nitrogens with one attached hydrogen (secondary N) is 1. The second-order valence-corrected chi connectivity index (χ2v) is 7.31. The topological polar surface area (TPSA) is 66.5 Å². The largest absolute Gasteiger partial charge is 0.324 e. The Bertz CT molecular complexity index is 846. The van der Waals surface area contributed by atoms with E-state index in [0.717, 1.165) is 22.6 Å². The minimum atomic E-state index is -0.838. The predicted octanol–water partition coefficient (Wildman–Crippen LogP) is 3.61. The lowest BCUT2D eigenvalue weighted by Gasteiger charge is -2.25. The van der Waals surface area contributed by atoms with Gasteiger partial charge in [0.1, 0.15) is 6.04 Å². The first-order valence-electron chi connectivity index (χ1n) is 8.93. The molecule has 0 spiro atoms. The molecule has 0 aliphatic carbocycles. The quantitative estimate of drug-likeness (QED) is 0.743. The number of fused-ring (bicyclic) bond motifs is 1. The SMILES string of the molecule is CCc1ccccc1NC(=O)[C@@H](CCSC)N1C(=O)c2ccccc2C1=O. The maximum absolute atomic E-state index is 13.0. The summed E-state index contributed by atoms with van der Waals surface area (Å²) in [6, 6.07) is 13.4. The van der Waals surface area contributed by atoms with Crippen LogP contribution in [-0.2, 0) is 11.2 Å². The molecule has 1 aliphatic heterocycles. The highest BCUT2D eigenvalue weighted by molar-refractivity contribution is 7.98. The van der Waals surface area contributed by atoms with E-state index in [4.69, 9.17) is 0 Å². The van der Waals surface area contributed by atoms with Gasteiger partial charge in [-0.25, -0.2) is 0 Å². The van der Waals surface area contributed by atoms with Crippen molar-refractivity contribution in [3.05, 3.63) is 65.2 Å². The lowest BCUT2D eigenvalue weighted by Crippen LogP contribution is -2.47. The fraction of sp³-hybridized carbons (Fsp3) is 0.286. The van der Waals surface area contributed by atoms with Gasteiger partial charge in [0.15, 0.2) is 0 Å². The first-order chi connectivity index (χ1) is 13.1. The van der Waals surface area contributed by atoms with Gasteiger partial charge in [-0.2, -0.15) is 11.8 Å². The van der Waals surface area contributed by atoms with Crippen LogP contribution >= 0.6 is 11.8 Å². The maximum Gasteiger partial charge on any atom is 0.262 e. The molecule has 0 aromatic heterocycles. The molecule has 1 heterocycles. The Hall–Kier alpha value is -2.60. The molecule has 3 amide bonds. The van der Waals surface area contributed by atoms with E-state index in [0.29, 0.717) is 23.3 Å². The predicted molar refractivity (Wildman–Crippen MR) is 108 cm³/mol. The Morgan fingerprint density at radius 2 is 1.63 bits per heavy atom. The van der Waals surface area contributed by atoms with Crippen LogP contribution in [-0.4, -0.2) is 40.7 Å². The molecule has 0 radical (unpaired) electrons. The average molecular weight is 382 g/mol. The molecule has 0 saturated heterocycles. The minimum Gasteiger partial charge on any atom is -0.324 e. The third-order valence-corrected chi connectivity index (χ3v) is 5.34. The molecular formula is C21H22N2O3S. The molecule has 27 heavy (non-hydrogen) atoms. The molecular weight excluding hydrogens is 360 g/mol. The number of carbonyl (C=O) groups is 3. The molecule has 2 aromatic rings. The van der Waals surface area contributed by atoms with Crippen LogP contribution in [0.15, 0.2) is 48.5 Å². The third-order valence-electron chi connectivity index (χ3n) is 4.69. The zero-order chi connectivity index (χ0) is 19.4. The van der Waals surface area contributed by atoms with Gasteiger partial charge in [0.2, 0.25) is 5.91 Å². The van der Waals surface area contributed by atoms with Crippen LogP contribution < -0.4 is 5.32 Å². The highest BCUT2D eigenvalue weighted by atomic mass is 32.2. The molecule has 0 bridgehead atoms. The van der Waals surface area contributed by atoms with Crippen LogP contribution in [0.1, 0.15) is 39.6 Å². The summed E-state index contributed by atoms with van der Waals surface area (Å²) in [5, 5.41) is 2.92. The van der Waals surface area contributed by atoms with Gasteiger partial charge < -0.3 is 5.32 Å². The molecule has 1 aliphatic rings. The summed E-state index contributed by atoms with van der Waals surface area (Å²) in [6.45, 7) is 2.01. The van der Waals surface area contributed by atoms with E-state index in [1.165, 1.54) is 0 Å². The summed E-state index contributed by atoms with van der Waals surface area (Å²) in [6.07, 6.45) is 3.12.